The summed E-state index contributed by atoms with van der Waals surface area (Å²) in [5, 5.41) is 14.7. The van der Waals surface area contributed by atoms with Crippen LogP contribution in [0.3, 0.4) is 0 Å². The van der Waals surface area contributed by atoms with E-state index in [0.29, 0.717) is 32.8 Å². The molecule has 2 unspecified atom stereocenters. The third-order valence-electron chi connectivity index (χ3n) is 4.07. The molecule has 1 aromatic carbocycles. The van der Waals surface area contributed by atoms with E-state index in [4.69, 9.17) is 13.9 Å². The van der Waals surface area contributed by atoms with E-state index in [-0.39, 0.29) is 6.04 Å². The molecule has 1 saturated heterocycles. The maximum Gasteiger partial charge on any atom is 0.176 e. The van der Waals surface area contributed by atoms with Gasteiger partial charge in [0, 0.05) is 25.0 Å². The first kappa shape index (κ1) is 15.3. The van der Waals surface area contributed by atoms with E-state index < -0.39 is 5.60 Å². The minimum absolute atomic E-state index is 0.00602. The van der Waals surface area contributed by atoms with E-state index >= 15 is 0 Å². The van der Waals surface area contributed by atoms with Crippen LogP contribution in [0.15, 0.2) is 28.7 Å². The second-order valence-electron chi connectivity index (χ2n) is 5.89. The molecule has 0 spiro atoms. The molecule has 1 fully saturated rings. The van der Waals surface area contributed by atoms with Crippen LogP contribution in [0, 0.1) is 0 Å². The third kappa shape index (κ3) is 3.11. The summed E-state index contributed by atoms with van der Waals surface area (Å²) in [7, 11) is 0. The zero-order valence-electron chi connectivity index (χ0n) is 13.1. The summed E-state index contributed by atoms with van der Waals surface area (Å²) < 4.78 is 16.8. The van der Waals surface area contributed by atoms with Gasteiger partial charge in [-0.1, -0.05) is 12.1 Å². The van der Waals surface area contributed by atoms with Crippen molar-refractivity contribution in [1.29, 1.82) is 0 Å². The lowest BCUT2D eigenvalue weighted by atomic mass is 10.0. The van der Waals surface area contributed by atoms with Gasteiger partial charge in [0.25, 0.3) is 0 Å². The van der Waals surface area contributed by atoms with Crippen LogP contribution in [0.2, 0.25) is 0 Å². The predicted octanol–water partition coefficient (Wildman–Crippen LogP) is 2.63. The van der Waals surface area contributed by atoms with Crippen molar-refractivity contribution in [2.24, 2.45) is 0 Å². The summed E-state index contributed by atoms with van der Waals surface area (Å²) in [4.78, 5) is 0. The maximum atomic E-state index is 10.3. The van der Waals surface area contributed by atoms with E-state index in [1.807, 2.05) is 38.1 Å². The fraction of sp³-hybridized carbons (Fsp3) is 0.529. The minimum atomic E-state index is -0.767. The quantitative estimate of drug-likeness (QED) is 0.859. The van der Waals surface area contributed by atoms with Crippen LogP contribution in [-0.4, -0.2) is 37.1 Å². The Labute approximate surface area is 130 Å². The number of benzene rings is 1. The molecule has 1 aliphatic heterocycles. The van der Waals surface area contributed by atoms with Crippen molar-refractivity contribution in [3.8, 4) is 5.75 Å². The molecule has 2 heterocycles. The molecule has 22 heavy (non-hydrogen) atoms. The highest BCUT2D eigenvalue weighted by Gasteiger charge is 2.32. The van der Waals surface area contributed by atoms with Crippen molar-refractivity contribution in [3.63, 3.8) is 0 Å². The number of aliphatic hydroxyl groups is 1. The van der Waals surface area contributed by atoms with Gasteiger partial charge in [0.05, 0.1) is 19.3 Å². The van der Waals surface area contributed by atoms with Crippen molar-refractivity contribution >= 4 is 11.0 Å². The smallest absolute Gasteiger partial charge is 0.176 e. The van der Waals surface area contributed by atoms with Crippen LogP contribution in [-0.2, 0) is 4.74 Å². The van der Waals surface area contributed by atoms with Crippen LogP contribution in [0.25, 0.3) is 11.0 Å². The molecular formula is C17H23NO4. The van der Waals surface area contributed by atoms with Gasteiger partial charge in [-0.3, -0.25) is 0 Å². The van der Waals surface area contributed by atoms with Gasteiger partial charge in [-0.15, -0.1) is 0 Å². The molecule has 3 rings (SSSR count). The Bertz CT molecular complexity index is 631. The lowest BCUT2D eigenvalue weighted by Crippen LogP contribution is -2.41. The number of rotatable bonds is 6. The van der Waals surface area contributed by atoms with Gasteiger partial charge in [-0.2, -0.15) is 0 Å². The summed E-state index contributed by atoms with van der Waals surface area (Å²) in [5.74, 6) is 1.60. The summed E-state index contributed by atoms with van der Waals surface area (Å²) in [6, 6.07) is 7.91. The number of hydrogen-bond donors (Lipinski definition) is 2. The molecule has 1 aliphatic rings. The van der Waals surface area contributed by atoms with Gasteiger partial charge in [0.15, 0.2) is 11.3 Å². The van der Waals surface area contributed by atoms with E-state index in [1.54, 1.807) is 0 Å². The number of nitrogens with one attached hydrogen (secondary N) is 1. The highest BCUT2D eigenvalue weighted by Crippen LogP contribution is 2.31. The van der Waals surface area contributed by atoms with Gasteiger partial charge >= 0.3 is 0 Å². The Balaban J connectivity index is 1.73. The Morgan fingerprint density at radius 2 is 2.32 bits per heavy atom. The van der Waals surface area contributed by atoms with Crippen molar-refractivity contribution in [2.75, 3.05) is 26.4 Å². The summed E-state index contributed by atoms with van der Waals surface area (Å²) in [6.45, 7) is 6.09. The highest BCUT2D eigenvalue weighted by atomic mass is 16.5. The van der Waals surface area contributed by atoms with Crippen LogP contribution in [0.1, 0.15) is 32.1 Å². The number of ether oxygens (including phenoxy) is 2. The second kappa shape index (κ2) is 6.28. The molecule has 2 N–H and O–H groups in total. The topological polar surface area (TPSA) is 63.9 Å². The molecule has 1 aromatic heterocycles. The summed E-state index contributed by atoms with van der Waals surface area (Å²) in [5.41, 5.74) is 0.00689. The lowest BCUT2D eigenvalue weighted by molar-refractivity contribution is 0.0247. The zero-order valence-corrected chi connectivity index (χ0v) is 13.1. The zero-order chi connectivity index (χ0) is 15.6. The van der Waals surface area contributed by atoms with E-state index in [0.717, 1.165) is 22.5 Å². The molecule has 0 bridgehead atoms. The molecule has 0 saturated carbocycles. The fourth-order valence-electron chi connectivity index (χ4n) is 2.72. The average molecular weight is 305 g/mol. The molecule has 0 amide bonds. The van der Waals surface area contributed by atoms with Crippen LogP contribution >= 0.6 is 0 Å². The van der Waals surface area contributed by atoms with Gasteiger partial charge < -0.3 is 24.3 Å². The van der Waals surface area contributed by atoms with E-state index in [9.17, 15) is 5.11 Å². The number of fused-ring (bicyclic) bond motifs is 1. The first-order valence-electron chi connectivity index (χ1n) is 7.80. The number of hydrogen-bond acceptors (Lipinski definition) is 5. The molecular weight excluding hydrogens is 282 g/mol. The van der Waals surface area contributed by atoms with Crippen molar-refractivity contribution in [3.05, 3.63) is 30.0 Å². The number of furan rings is 1. The Morgan fingerprint density at radius 3 is 3.05 bits per heavy atom. The Kier molecular flexibility index (Phi) is 4.38. The minimum Gasteiger partial charge on any atom is -0.490 e. The Morgan fingerprint density at radius 1 is 1.45 bits per heavy atom. The van der Waals surface area contributed by atoms with E-state index in [1.165, 1.54) is 0 Å². The molecule has 2 aromatic rings. The molecule has 0 radical (unpaired) electrons. The first-order chi connectivity index (χ1) is 10.6. The Hall–Kier alpha value is -1.56. The van der Waals surface area contributed by atoms with Gasteiger partial charge in [0.1, 0.15) is 11.4 Å². The molecule has 5 nitrogen and oxygen atoms in total. The van der Waals surface area contributed by atoms with Gasteiger partial charge in [-0.25, -0.2) is 0 Å². The standard InChI is InChI=1S/C17H23NO4/c1-3-21-14-6-4-5-13-9-15(22-16(13)14)12(2)18-10-17(19)7-8-20-11-17/h4-6,9,12,18-19H,3,7-8,10-11H2,1-2H3. The predicted molar refractivity (Wildman–Crippen MR) is 84.2 cm³/mol. The number of para-hydroxylation sites is 1. The first-order valence-corrected chi connectivity index (χ1v) is 7.80. The van der Waals surface area contributed by atoms with Crippen molar-refractivity contribution in [2.45, 2.75) is 31.9 Å². The van der Waals surface area contributed by atoms with Crippen LogP contribution in [0.4, 0.5) is 0 Å². The normalized spacial score (nSPS) is 23.0. The average Bonchev–Trinajstić information content (AvgIpc) is 3.13. The second-order valence-corrected chi connectivity index (χ2v) is 5.89. The maximum absolute atomic E-state index is 10.3. The van der Waals surface area contributed by atoms with Gasteiger partial charge in [-0.05, 0) is 26.0 Å². The van der Waals surface area contributed by atoms with Gasteiger partial charge in [0.2, 0.25) is 0 Å². The molecule has 5 heteroatoms. The van der Waals surface area contributed by atoms with Crippen molar-refractivity contribution in [1.82, 2.24) is 5.32 Å². The molecule has 0 aliphatic carbocycles. The highest BCUT2D eigenvalue weighted by molar-refractivity contribution is 5.83. The summed E-state index contributed by atoms with van der Waals surface area (Å²) in [6.07, 6.45) is 0.668. The lowest BCUT2D eigenvalue weighted by Gasteiger charge is -2.23. The summed E-state index contributed by atoms with van der Waals surface area (Å²) >= 11 is 0. The molecule has 120 valence electrons. The van der Waals surface area contributed by atoms with E-state index in [2.05, 4.69) is 5.32 Å². The molecule has 2 atom stereocenters. The largest absolute Gasteiger partial charge is 0.490 e. The fourth-order valence-corrected chi connectivity index (χ4v) is 2.72. The third-order valence-corrected chi connectivity index (χ3v) is 4.07. The SMILES string of the molecule is CCOc1cccc2cc(C(C)NCC3(O)CCOC3)oc12. The van der Waals surface area contributed by atoms with Crippen LogP contribution < -0.4 is 10.1 Å². The monoisotopic (exact) mass is 305 g/mol. The van der Waals surface area contributed by atoms with Crippen molar-refractivity contribution < 1.29 is 19.0 Å². The van der Waals surface area contributed by atoms with Crippen LogP contribution in [0.5, 0.6) is 5.75 Å².